The van der Waals surface area contributed by atoms with E-state index >= 15 is 0 Å². The van der Waals surface area contributed by atoms with Gasteiger partial charge in [-0.05, 0) is 63.1 Å². The zero-order valence-electron chi connectivity index (χ0n) is 20.1. The monoisotopic (exact) mass is 524 g/mol. The highest BCUT2D eigenvalue weighted by molar-refractivity contribution is 9.10. The van der Waals surface area contributed by atoms with Gasteiger partial charge in [-0.15, -0.1) is 0 Å². The van der Waals surface area contributed by atoms with Crippen LogP contribution in [0.3, 0.4) is 0 Å². The normalized spacial score (nSPS) is 24.2. The fourth-order valence-corrected chi connectivity index (χ4v) is 6.54. The van der Waals surface area contributed by atoms with E-state index in [1.807, 2.05) is 11.8 Å². The van der Waals surface area contributed by atoms with Crippen LogP contribution in [-0.4, -0.2) is 51.0 Å². The summed E-state index contributed by atoms with van der Waals surface area (Å²) in [7, 11) is 0. The topological polar surface area (TPSA) is 65.8 Å². The number of hydrogen-bond donors (Lipinski definition) is 1. The molecule has 6 rings (SSSR count). The lowest BCUT2D eigenvalue weighted by Gasteiger charge is -2.35. The second-order valence-corrected chi connectivity index (χ2v) is 11.0. The third kappa shape index (κ3) is 3.56. The SMILES string of the molecule is CCN1C(=O)c2c(nc(NC3CCCCC3)n2Cc2ccc(C)c(Br)c2)N2C1=N[C@@H]1CCC[C@@H]12. The van der Waals surface area contributed by atoms with Gasteiger partial charge in [0.05, 0.1) is 18.6 Å². The summed E-state index contributed by atoms with van der Waals surface area (Å²) in [5.41, 5.74) is 3.05. The van der Waals surface area contributed by atoms with Crippen molar-refractivity contribution in [2.24, 2.45) is 4.99 Å². The molecular formula is C26H33BrN6O. The third-order valence-corrected chi connectivity index (χ3v) is 8.82. The predicted molar refractivity (Wildman–Crippen MR) is 139 cm³/mol. The minimum Gasteiger partial charge on any atom is -0.353 e. The van der Waals surface area contributed by atoms with Gasteiger partial charge >= 0.3 is 0 Å². The Balaban J connectivity index is 1.46. The minimum atomic E-state index is 0.0165. The molecule has 0 bridgehead atoms. The molecule has 2 aliphatic heterocycles. The van der Waals surface area contributed by atoms with Crippen molar-refractivity contribution in [1.82, 2.24) is 14.5 Å². The van der Waals surface area contributed by atoms with Gasteiger partial charge in [0, 0.05) is 17.1 Å². The lowest BCUT2D eigenvalue weighted by molar-refractivity contribution is 0.0836. The molecule has 34 heavy (non-hydrogen) atoms. The first-order chi connectivity index (χ1) is 16.5. The Labute approximate surface area is 209 Å². The maximum Gasteiger partial charge on any atom is 0.281 e. The molecule has 4 aliphatic rings. The predicted octanol–water partition coefficient (Wildman–Crippen LogP) is 5.32. The van der Waals surface area contributed by atoms with Gasteiger partial charge in [0.15, 0.2) is 11.5 Å². The van der Waals surface area contributed by atoms with Crippen molar-refractivity contribution in [2.75, 3.05) is 16.8 Å². The van der Waals surface area contributed by atoms with Crippen LogP contribution in [0.25, 0.3) is 0 Å². The second-order valence-electron chi connectivity index (χ2n) is 10.2. The number of anilines is 2. The van der Waals surface area contributed by atoms with Gasteiger partial charge in [0.25, 0.3) is 5.91 Å². The van der Waals surface area contributed by atoms with Crippen LogP contribution in [0.4, 0.5) is 11.8 Å². The first kappa shape index (κ1) is 22.1. The fraction of sp³-hybridized carbons (Fsp3) is 0.577. The quantitative estimate of drug-likeness (QED) is 0.574. The van der Waals surface area contributed by atoms with Crippen LogP contribution in [0.5, 0.6) is 0 Å². The number of benzene rings is 1. The fourth-order valence-electron chi connectivity index (χ4n) is 6.12. The van der Waals surface area contributed by atoms with Gasteiger partial charge in [-0.25, -0.2) is 4.99 Å². The molecule has 7 nitrogen and oxygen atoms in total. The zero-order valence-corrected chi connectivity index (χ0v) is 21.6. The van der Waals surface area contributed by atoms with E-state index in [1.54, 1.807) is 0 Å². The molecule has 1 aromatic carbocycles. The summed E-state index contributed by atoms with van der Waals surface area (Å²) < 4.78 is 3.22. The van der Waals surface area contributed by atoms with E-state index in [0.717, 1.165) is 53.4 Å². The number of halogens is 1. The van der Waals surface area contributed by atoms with Crippen LogP contribution in [0.2, 0.25) is 0 Å². The summed E-state index contributed by atoms with van der Waals surface area (Å²) in [6.45, 7) is 5.35. The van der Waals surface area contributed by atoms with Crippen molar-refractivity contribution in [1.29, 1.82) is 0 Å². The standard InChI is InChI=1S/C26H33BrN6O/c1-3-31-24(34)22-23(33-21-11-7-10-20(21)29-26(31)33)30-25(28-18-8-5-4-6-9-18)32(22)15-17-13-12-16(2)19(27)14-17/h12-14,18,20-21H,3-11,15H2,1-2H3,(H,28,30)/t20-,21+/m1/s1. The molecule has 2 fully saturated rings. The van der Waals surface area contributed by atoms with Crippen LogP contribution < -0.4 is 10.2 Å². The van der Waals surface area contributed by atoms with Crippen molar-refractivity contribution in [2.45, 2.75) is 89.9 Å². The first-order valence-electron chi connectivity index (χ1n) is 12.9. The Morgan fingerprint density at radius 1 is 1.12 bits per heavy atom. The molecule has 2 atom stereocenters. The molecule has 0 radical (unpaired) electrons. The molecule has 180 valence electrons. The lowest BCUT2D eigenvalue weighted by atomic mass is 9.96. The van der Waals surface area contributed by atoms with E-state index in [2.05, 4.69) is 55.8 Å². The van der Waals surface area contributed by atoms with Gasteiger partial charge in [-0.3, -0.25) is 19.2 Å². The van der Waals surface area contributed by atoms with Crippen LogP contribution in [0, 0.1) is 6.92 Å². The number of fused-ring (bicyclic) bond motifs is 5. The first-order valence-corrected chi connectivity index (χ1v) is 13.7. The number of amides is 1. The number of aliphatic imine (C=N–C) groups is 1. The van der Waals surface area contributed by atoms with Crippen LogP contribution >= 0.6 is 15.9 Å². The number of aryl methyl sites for hydroxylation is 1. The summed E-state index contributed by atoms with van der Waals surface area (Å²) in [5.74, 6) is 2.44. The summed E-state index contributed by atoms with van der Waals surface area (Å²) in [4.78, 5) is 28.2. The van der Waals surface area contributed by atoms with E-state index in [9.17, 15) is 4.79 Å². The number of aromatic nitrogens is 2. The highest BCUT2D eigenvalue weighted by Gasteiger charge is 2.49. The zero-order chi connectivity index (χ0) is 23.4. The van der Waals surface area contributed by atoms with Crippen molar-refractivity contribution in [3.63, 3.8) is 0 Å². The third-order valence-electron chi connectivity index (χ3n) is 7.97. The average molecular weight is 525 g/mol. The molecule has 0 unspecified atom stereocenters. The molecule has 1 amide bonds. The lowest BCUT2D eigenvalue weighted by Crippen LogP contribution is -2.53. The van der Waals surface area contributed by atoms with Gasteiger partial charge in [0.1, 0.15) is 0 Å². The van der Waals surface area contributed by atoms with E-state index in [1.165, 1.54) is 31.2 Å². The highest BCUT2D eigenvalue weighted by atomic mass is 79.9. The molecule has 0 spiro atoms. The summed E-state index contributed by atoms with van der Waals surface area (Å²) >= 11 is 3.68. The number of guanidine groups is 1. The highest BCUT2D eigenvalue weighted by Crippen LogP contribution is 2.42. The van der Waals surface area contributed by atoms with E-state index in [-0.39, 0.29) is 11.9 Å². The molecule has 2 aliphatic carbocycles. The molecule has 1 N–H and O–H groups in total. The molecular weight excluding hydrogens is 492 g/mol. The molecule has 1 aromatic heterocycles. The molecule has 2 saturated carbocycles. The Hall–Kier alpha value is -2.35. The Morgan fingerprint density at radius 2 is 1.94 bits per heavy atom. The maximum atomic E-state index is 13.9. The number of carbonyl (C=O) groups excluding carboxylic acids is 1. The Bertz CT molecular complexity index is 1150. The number of nitrogens with one attached hydrogen (secondary N) is 1. The average Bonchev–Trinajstić information content (AvgIpc) is 3.51. The van der Waals surface area contributed by atoms with E-state index in [0.29, 0.717) is 30.9 Å². The number of nitrogens with zero attached hydrogens (tertiary/aromatic N) is 5. The molecule has 0 saturated heterocycles. The van der Waals surface area contributed by atoms with Crippen LogP contribution in [-0.2, 0) is 6.54 Å². The Morgan fingerprint density at radius 3 is 2.71 bits per heavy atom. The van der Waals surface area contributed by atoms with Gasteiger partial charge in [0.2, 0.25) is 11.9 Å². The van der Waals surface area contributed by atoms with E-state index in [4.69, 9.17) is 9.98 Å². The molecule has 2 aromatic rings. The van der Waals surface area contributed by atoms with Crippen molar-refractivity contribution in [3.8, 4) is 0 Å². The number of carbonyl (C=O) groups is 1. The van der Waals surface area contributed by atoms with Crippen LogP contribution in [0.1, 0.15) is 79.9 Å². The minimum absolute atomic E-state index is 0.0165. The maximum absolute atomic E-state index is 13.9. The van der Waals surface area contributed by atoms with Crippen molar-refractivity contribution in [3.05, 3.63) is 39.5 Å². The number of imidazole rings is 1. The summed E-state index contributed by atoms with van der Waals surface area (Å²) in [6.07, 6.45) is 9.50. The summed E-state index contributed by atoms with van der Waals surface area (Å²) in [6, 6.07) is 7.44. The van der Waals surface area contributed by atoms with Gasteiger partial charge in [-0.1, -0.05) is 47.3 Å². The number of rotatable bonds is 5. The van der Waals surface area contributed by atoms with E-state index < -0.39 is 0 Å². The van der Waals surface area contributed by atoms with Crippen molar-refractivity contribution < 1.29 is 4.79 Å². The van der Waals surface area contributed by atoms with Crippen LogP contribution in [0.15, 0.2) is 27.7 Å². The smallest absolute Gasteiger partial charge is 0.281 e. The molecule has 8 heteroatoms. The molecule has 3 heterocycles. The largest absolute Gasteiger partial charge is 0.353 e. The summed E-state index contributed by atoms with van der Waals surface area (Å²) in [5, 5.41) is 3.75. The van der Waals surface area contributed by atoms with Crippen molar-refractivity contribution >= 4 is 39.6 Å². The number of hydrogen-bond acceptors (Lipinski definition) is 5. The van der Waals surface area contributed by atoms with Gasteiger partial charge < -0.3 is 5.32 Å². The Kier molecular flexibility index (Phi) is 5.66. The second kappa shape index (κ2) is 8.70. The van der Waals surface area contributed by atoms with Gasteiger partial charge in [-0.2, -0.15) is 4.98 Å².